The van der Waals surface area contributed by atoms with E-state index in [1.54, 1.807) is 12.5 Å². The van der Waals surface area contributed by atoms with Gasteiger partial charge in [0.25, 0.3) is 0 Å². The molecule has 0 aliphatic carbocycles. The number of nitrogens with zero attached hydrogens (tertiary/aromatic N) is 1. The summed E-state index contributed by atoms with van der Waals surface area (Å²) in [7, 11) is -3.02. The van der Waals surface area contributed by atoms with Gasteiger partial charge in [0.1, 0.15) is 0 Å². The van der Waals surface area contributed by atoms with Gasteiger partial charge in [-0.3, -0.25) is 0 Å². The second-order valence-electron chi connectivity index (χ2n) is 4.59. The first-order valence-electron chi connectivity index (χ1n) is 5.93. The lowest BCUT2D eigenvalue weighted by Crippen LogP contribution is -2.06. The predicted molar refractivity (Wildman–Crippen MR) is 75.6 cm³/mol. The summed E-state index contributed by atoms with van der Waals surface area (Å²) in [6, 6.07) is 5.65. The van der Waals surface area contributed by atoms with Crippen molar-refractivity contribution < 1.29 is 8.42 Å². The first kappa shape index (κ1) is 13.6. The Balaban J connectivity index is 2.15. The molecule has 0 bridgehead atoms. The normalized spacial score (nSPS) is 11.5. The zero-order valence-corrected chi connectivity index (χ0v) is 11.8. The van der Waals surface area contributed by atoms with Crippen LogP contribution < -0.4 is 5.32 Å². The average Bonchev–Trinajstić information content (AvgIpc) is 2.81. The molecule has 0 radical (unpaired) electrons. The zero-order valence-electron chi connectivity index (χ0n) is 11.0. The molecule has 0 aliphatic heterocycles. The quantitative estimate of drug-likeness (QED) is 0.876. The van der Waals surface area contributed by atoms with Crippen LogP contribution in [0.3, 0.4) is 0 Å². The Morgan fingerprint density at radius 3 is 2.79 bits per heavy atom. The summed E-state index contributed by atoms with van der Waals surface area (Å²) >= 11 is 0. The lowest BCUT2D eigenvalue weighted by Gasteiger charge is -2.12. The predicted octanol–water partition coefficient (Wildman–Crippen LogP) is 1.87. The lowest BCUT2D eigenvalue weighted by atomic mass is 10.1. The van der Waals surface area contributed by atoms with Gasteiger partial charge in [0.05, 0.1) is 24.3 Å². The van der Waals surface area contributed by atoms with E-state index in [-0.39, 0.29) is 5.75 Å². The molecule has 1 aromatic carbocycles. The molecule has 0 atom stereocenters. The van der Waals surface area contributed by atoms with Gasteiger partial charge in [0.15, 0.2) is 9.84 Å². The fraction of sp³-hybridized carbons (Fsp3) is 0.308. The van der Waals surface area contributed by atoms with Crippen LogP contribution in [-0.2, 0) is 22.1 Å². The molecule has 6 heteroatoms. The van der Waals surface area contributed by atoms with Crippen molar-refractivity contribution in [2.45, 2.75) is 19.2 Å². The van der Waals surface area contributed by atoms with Gasteiger partial charge in [-0.1, -0.05) is 12.1 Å². The van der Waals surface area contributed by atoms with Crippen LogP contribution in [-0.4, -0.2) is 24.6 Å². The van der Waals surface area contributed by atoms with Crippen molar-refractivity contribution in [1.29, 1.82) is 0 Å². The summed E-state index contributed by atoms with van der Waals surface area (Å²) in [5.74, 6) is 0.0679. The number of nitrogens with one attached hydrogen (secondary N) is 2. The minimum absolute atomic E-state index is 0.0679. The van der Waals surface area contributed by atoms with Crippen LogP contribution in [0.25, 0.3) is 0 Å². The Kier molecular flexibility index (Phi) is 3.90. The Bertz CT molecular complexity index is 649. The maximum absolute atomic E-state index is 11.4. The highest BCUT2D eigenvalue weighted by Gasteiger charge is 2.09. The maximum atomic E-state index is 11.4. The molecule has 0 fully saturated rings. The van der Waals surface area contributed by atoms with Gasteiger partial charge in [0, 0.05) is 18.1 Å². The van der Waals surface area contributed by atoms with Crippen LogP contribution >= 0.6 is 0 Å². The number of rotatable bonds is 5. The Morgan fingerprint density at radius 1 is 1.37 bits per heavy atom. The molecule has 2 rings (SSSR count). The monoisotopic (exact) mass is 279 g/mol. The third-order valence-electron chi connectivity index (χ3n) is 2.89. The van der Waals surface area contributed by atoms with Gasteiger partial charge in [-0.25, -0.2) is 13.4 Å². The van der Waals surface area contributed by atoms with Crippen molar-refractivity contribution in [3.8, 4) is 0 Å². The number of imidazole rings is 1. The number of benzene rings is 1. The third kappa shape index (κ3) is 3.82. The number of anilines is 1. The number of hydrogen-bond donors (Lipinski definition) is 2. The summed E-state index contributed by atoms with van der Waals surface area (Å²) in [5, 5.41) is 3.28. The molecule has 0 saturated carbocycles. The van der Waals surface area contributed by atoms with Crippen molar-refractivity contribution >= 4 is 15.5 Å². The van der Waals surface area contributed by atoms with Gasteiger partial charge in [-0.2, -0.15) is 0 Å². The van der Waals surface area contributed by atoms with E-state index >= 15 is 0 Å². The minimum atomic E-state index is -3.02. The number of aromatic nitrogens is 2. The Hall–Kier alpha value is -1.82. The first-order valence-corrected chi connectivity index (χ1v) is 7.99. The number of aromatic amines is 1. The molecule has 0 amide bonds. The number of H-pyrrole nitrogens is 1. The van der Waals surface area contributed by atoms with E-state index in [1.807, 2.05) is 25.1 Å². The molecule has 1 aromatic heterocycles. The van der Waals surface area contributed by atoms with Crippen LogP contribution in [0.5, 0.6) is 0 Å². The second-order valence-corrected chi connectivity index (χ2v) is 6.73. The highest BCUT2D eigenvalue weighted by atomic mass is 32.2. The summed E-state index contributed by atoms with van der Waals surface area (Å²) in [6.45, 7) is 2.55. The zero-order chi connectivity index (χ0) is 13.9. The van der Waals surface area contributed by atoms with Gasteiger partial charge < -0.3 is 10.3 Å². The molecule has 0 aliphatic rings. The van der Waals surface area contributed by atoms with Crippen LogP contribution in [0.1, 0.15) is 16.8 Å². The van der Waals surface area contributed by atoms with Crippen molar-refractivity contribution in [3.63, 3.8) is 0 Å². The molecule has 1 heterocycles. The third-order valence-corrected chi connectivity index (χ3v) is 3.72. The minimum Gasteiger partial charge on any atom is -0.379 e. The number of sulfone groups is 1. The van der Waals surface area contributed by atoms with E-state index in [4.69, 9.17) is 0 Å². The van der Waals surface area contributed by atoms with Gasteiger partial charge in [-0.15, -0.1) is 0 Å². The first-order chi connectivity index (χ1) is 8.96. The molecule has 0 spiro atoms. The van der Waals surface area contributed by atoms with Crippen LogP contribution in [0.4, 0.5) is 5.69 Å². The molecule has 0 unspecified atom stereocenters. The van der Waals surface area contributed by atoms with E-state index in [0.29, 0.717) is 6.54 Å². The van der Waals surface area contributed by atoms with E-state index in [0.717, 1.165) is 22.5 Å². The lowest BCUT2D eigenvalue weighted by molar-refractivity contribution is 0.601. The molecule has 5 nitrogen and oxygen atoms in total. The molecule has 19 heavy (non-hydrogen) atoms. The second kappa shape index (κ2) is 5.44. The molecule has 2 aromatic rings. The fourth-order valence-electron chi connectivity index (χ4n) is 1.89. The topological polar surface area (TPSA) is 74.8 Å². The van der Waals surface area contributed by atoms with Crippen LogP contribution in [0, 0.1) is 6.92 Å². The summed E-state index contributed by atoms with van der Waals surface area (Å²) in [5.41, 5.74) is 3.72. The molecule has 0 saturated heterocycles. The van der Waals surface area contributed by atoms with Gasteiger partial charge in [-0.05, 0) is 24.1 Å². The highest BCUT2D eigenvalue weighted by Crippen LogP contribution is 2.21. The van der Waals surface area contributed by atoms with Gasteiger partial charge >= 0.3 is 0 Å². The van der Waals surface area contributed by atoms with Crippen molar-refractivity contribution in [2.75, 3.05) is 11.6 Å². The standard InChI is InChI=1S/C13H17N3O2S/c1-10-11(8-19(2,17)18)4-3-5-13(10)15-7-12-6-14-9-16-12/h3-6,9,15H,7-8H2,1-2H3,(H,14,16). The summed E-state index contributed by atoms with van der Waals surface area (Å²) in [6.07, 6.45) is 4.63. The summed E-state index contributed by atoms with van der Waals surface area (Å²) < 4.78 is 22.8. The van der Waals surface area contributed by atoms with Crippen molar-refractivity contribution in [1.82, 2.24) is 9.97 Å². The van der Waals surface area contributed by atoms with E-state index in [9.17, 15) is 8.42 Å². The maximum Gasteiger partial charge on any atom is 0.151 e. The van der Waals surface area contributed by atoms with Crippen molar-refractivity contribution in [2.24, 2.45) is 0 Å². The van der Waals surface area contributed by atoms with Gasteiger partial charge in [0.2, 0.25) is 0 Å². The molecular formula is C13H17N3O2S. The number of hydrogen-bond acceptors (Lipinski definition) is 4. The fourth-order valence-corrected chi connectivity index (χ4v) is 2.76. The van der Waals surface area contributed by atoms with Crippen molar-refractivity contribution in [3.05, 3.63) is 47.5 Å². The largest absolute Gasteiger partial charge is 0.379 e. The SMILES string of the molecule is Cc1c(CS(C)(=O)=O)cccc1NCc1cnc[nH]1. The van der Waals surface area contributed by atoms with E-state index < -0.39 is 9.84 Å². The average molecular weight is 279 g/mol. The smallest absolute Gasteiger partial charge is 0.151 e. The Labute approximate surface area is 113 Å². The molecular weight excluding hydrogens is 262 g/mol. The van der Waals surface area contributed by atoms with Crippen LogP contribution in [0.2, 0.25) is 0 Å². The Morgan fingerprint density at radius 2 is 2.16 bits per heavy atom. The highest BCUT2D eigenvalue weighted by molar-refractivity contribution is 7.89. The molecule has 2 N–H and O–H groups in total. The van der Waals surface area contributed by atoms with E-state index in [1.165, 1.54) is 6.26 Å². The van der Waals surface area contributed by atoms with E-state index in [2.05, 4.69) is 15.3 Å². The molecule has 102 valence electrons. The summed E-state index contributed by atoms with van der Waals surface area (Å²) in [4.78, 5) is 6.96. The van der Waals surface area contributed by atoms with Crippen LogP contribution in [0.15, 0.2) is 30.7 Å².